The highest BCUT2D eigenvalue weighted by atomic mass is 16.5. The van der Waals surface area contributed by atoms with Gasteiger partial charge in [-0.1, -0.05) is 48.5 Å². The van der Waals surface area contributed by atoms with E-state index in [2.05, 4.69) is 34.9 Å². The van der Waals surface area contributed by atoms with Gasteiger partial charge >= 0.3 is 12.1 Å². The fraction of sp³-hybridized carbons (Fsp3) is 0.444. The fourth-order valence-electron chi connectivity index (χ4n) is 5.71. The minimum Gasteiger partial charge on any atom is -0.479 e. The van der Waals surface area contributed by atoms with Crippen molar-refractivity contribution < 1.29 is 29.0 Å². The average molecular weight is 479 g/mol. The van der Waals surface area contributed by atoms with Crippen LogP contribution in [0.4, 0.5) is 4.79 Å². The smallest absolute Gasteiger partial charge is 0.407 e. The van der Waals surface area contributed by atoms with Crippen molar-refractivity contribution in [1.29, 1.82) is 0 Å². The zero-order valence-corrected chi connectivity index (χ0v) is 19.4. The maximum Gasteiger partial charge on any atom is 0.407 e. The van der Waals surface area contributed by atoms with Gasteiger partial charge in [-0.3, -0.25) is 4.79 Å². The first-order valence-corrected chi connectivity index (χ1v) is 12.2. The van der Waals surface area contributed by atoms with Gasteiger partial charge < -0.3 is 25.2 Å². The van der Waals surface area contributed by atoms with Crippen molar-refractivity contribution in [2.75, 3.05) is 13.2 Å². The molecule has 2 aliphatic carbocycles. The van der Waals surface area contributed by atoms with Crippen LogP contribution in [0.3, 0.4) is 0 Å². The van der Waals surface area contributed by atoms with Gasteiger partial charge in [0, 0.05) is 25.0 Å². The Balaban J connectivity index is 1.09. The van der Waals surface area contributed by atoms with E-state index in [0.29, 0.717) is 25.9 Å². The summed E-state index contributed by atoms with van der Waals surface area (Å²) in [6, 6.07) is 15.9. The van der Waals surface area contributed by atoms with E-state index >= 15 is 0 Å². The summed E-state index contributed by atoms with van der Waals surface area (Å²) in [4.78, 5) is 36.2. The van der Waals surface area contributed by atoms with Gasteiger partial charge in [0.15, 0.2) is 6.10 Å². The maximum absolute atomic E-state index is 12.6. The fourth-order valence-corrected chi connectivity index (χ4v) is 5.71. The molecule has 184 valence electrons. The standard InChI is InChI=1S/C27H30N2O6/c30-24(29-23-11-12-34-25(23)26(31)32)14-16-9-10-17(13-16)28-27(33)35-15-22-20-7-3-1-5-18(20)19-6-2-4-8-21(19)22/h1-8,16-17,22-23,25H,9-15H2,(H,28,33)(H,29,30)(H,31,32)/t16-,17+,23?,25?/m1/s1. The quantitative estimate of drug-likeness (QED) is 0.562. The molecule has 2 aromatic rings. The third kappa shape index (κ3) is 5.03. The molecule has 2 fully saturated rings. The van der Waals surface area contributed by atoms with Crippen molar-refractivity contribution in [3.8, 4) is 11.1 Å². The molecule has 3 N–H and O–H groups in total. The van der Waals surface area contributed by atoms with Crippen molar-refractivity contribution >= 4 is 18.0 Å². The van der Waals surface area contributed by atoms with Crippen LogP contribution in [0.2, 0.25) is 0 Å². The van der Waals surface area contributed by atoms with Gasteiger partial charge in [0.05, 0.1) is 6.04 Å². The normalized spacial score (nSPS) is 25.0. The molecule has 2 unspecified atom stereocenters. The number of fused-ring (bicyclic) bond motifs is 3. The molecule has 1 aliphatic heterocycles. The summed E-state index contributed by atoms with van der Waals surface area (Å²) in [5, 5.41) is 14.9. The lowest BCUT2D eigenvalue weighted by Crippen LogP contribution is -2.44. The number of carbonyl (C=O) groups excluding carboxylic acids is 2. The molecule has 3 aliphatic rings. The van der Waals surface area contributed by atoms with E-state index in [1.54, 1.807) is 0 Å². The molecule has 1 saturated carbocycles. The van der Waals surface area contributed by atoms with E-state index in [-0.39, 0.29) is 30.4 Å². The van der Waals surface area contributed by atoms with Crippen LogP contribution in [0, 0.1) is 5.92 Å². The molecule has 5 rings (SSSR count). The number of rotatable bonds is 7. The van der Waals surface area contributed by atoms with E-state index in [0.717, 1.165) is 12.8 Å². The molecule has 4 atom stereocenters. The molecule has 8 heteroatoms. The molecule has 2 aromatic carbocycles. The van der Waals surface area contributed by atoms with Crippen LogP contribution in [-0.4, -0.2) is 54.5 Å². The number of amides is 2. The first kappa shape index (κ1) is 23.4. The predicted molar refractivity (Wildman–Crippen MR) is 128 cm³/mol. The lowest BCUT2D eigenvalue weighted by molar-refractivity contribution is -0.148. The van der Waals surface area contributed by atoms with Crippen molar-refractivity contribution in [1.82, 2.24) is 10.6 Å². The Labute approximate surface area is 204 Å². The number of benzene rings is 2. The number of carboxylic acids is 1. The number of carbonyl (C=O) groups is 3. The van der Waals surface area contributed by atoms with Gasteiger partial charge in [-0.15, -0.1) is 0 Å². The van der Waals surface area contributed by atoms with Crippen LogP contribution in [0.5, 0.6) is 0 Å². The van der Waals surface area contributed by atoms with Crippen molar-refractivity contribution in [3.05, 3.63) is 59.7 Å². The Morgan fingerprint density at radius 2 is 1.63 bits per heavy atom. The van der Waals surface area contributed by atoms with E-state index in [9.17, 15) is 19.5 Å². The van der Waals surface area contributed by atoms with Gasteiger partial charge in [0.1, 0.15) is 6.61 Å². The Kier molecular flexibility index (Phi) is 6.72. The second-order valence-electron chi connectivity index (χ2n) is 9.64. The third-order valence-electron chi connectivity index (χ3n) is 7.36. The lowest BCUT2D eigenvalue weighted by Gasteiger charge is -2.18. The van der Waals surface area contributed by atoms with Crippen LogP contribution >= 0.6 is 0 Å². The monoisotopic (exact) mass is 478 g/mol. The lowest BCUT2D eigenvalue weighted by atomic mass is 9.98. The summed E-state index contributed by atoms with van der Waals surface area (Å²) < 4.78 is 10.8. The molecule has 0 radical (unpaired) electrons. The molecule has 1 heterocycles. The zero-order chi connectivity index (χ0) is 24.4. The molecule has 2 amide bonds. The van der Waals surface area contributed by atoms with Crippen LogP contribution in [0.25, 0.3) is 11.1 Å². The van der Waals surface area contributed by atoms with Gasteiger partial charge in [0.25, 0.3) is 0 Å². The minimum absolute atomic E-state index is 0.0161. The number of aliphatic carboxylic acids is 1. The van der Waals surface area contributed by atoms with Crippen LogP contribution in [0.1, 0.15) is 49.1 Å². The largest absolute Gasteiger partial charge is 0.479 e. The van der Waals surface area contributed by atoms with Gasteiger partial charge in [-0.25, -0.2) is 9.59 Å². The van der Waals surface area contributed by atoms with E-state index in [4.69, 9.17) is 9.47 Å². The van der Waals surface area contributed by atoms with Crippen LogP contribution in [-0.2, 0) is 19.1 Å². The number of alkyl carbamates (subject to hydrolysis) is 1. The highest BCUT2D eigenvalue weighted by Gasteiger charge is 2.36. The molecule has 8 nitrogen and oxygen atoms in total. The molecule has 35 heavy (non-hydrogen) atoms. The summed E-state index contributed by atoms with van der Waals surface area (Å²) in [6.45, 7) is 0.601. The molecule has 0 aromatic heterocycles. The number of carboxylic acid groups (broad SMARTS) is 1. The molecule has 1 saturated heterocycles. The molecular weight excluding hydrogens is 448 g/mol. The average Bonchev–Trinajstić information content (AvgIpc) is 3.56. The first-order chi connectivity index (χ1) is 17.0. The topological polar surface area (TPSA) is 114 Å². The number of hydrogen-bond donors (Lipinski definition) is 3. The predicted octanol–water partition coefficient (Wildman–Crippen LogP) is 3.44. The highest BCUT2D eigenvalue weighted by Crippen LogP contribution is 2.44. The summed E-state index contributed by atoms with van der Waals surface area (Å²) in [5.74, 6) is -1.07. The van der Waals surface area contributed by atoms with E-state index in [1.165, 1.54) is 22.3 Å². The molecular formula is C27H30N2O6. The van der Waals surface area contributed by atoms with Crippen molar-refractivity contribution in [2.24, 2.45) is 5.92 Å². The molecule has 0 bridgehead atoms. The van der Waals surface area contributed by atoms with Crippen molar-refractivity contribution in [2.45, 2.75) is 56.2 Å². The first-order valence-electron chi connectivity index (χ1n) is 12.2. The highest BCUT2D eigenvalue weighted by molar-refractivity contribution is 5.80. The molecule has 0 spiro atoms. The summed E-state index contributed by atoms with van der Waals surface area (Å²) in [5.41, 5.74) is 4.72. The van der Waals surface area contributed by atoms with Crippen molar-refractivity contribution in [3.63, 3.8) is 0 Å². The third-order valence-corrected chi connectivity index (χ3v) is 7.36. The van der Waals surface area contributed by atoms with Crippen LogP contribution in [0.15, 0.2) is 48.5 Å². The summed E-state index contributed by atoms with van der Waals surface area (Å²) in [6.07, 6.45) is 1.70. The number of ether oxygens (including phenoxy) is 2. The Hall–Kier alpha value is -3.39. The second kappa shape index (κ2) is 10.1. The Morgan fingerprint density at radius 1 is 0.943 bits per heavy atom. The van der Waals surface area contributed by atoms with E-state index < -0.39 is 24.2 Å². The number of hydrogen-bond acceptors (Lipinski definition) is 5. The Morgan fingerprint density at radius 3 is 2.31 bits per heavy atom. The van der Waals surface area contributed by atoms with E-state index in [1.807, 2.05) is 24.3 Å². The second-order valence-corrected chi connectivity index (χ2v) is 9.64. The summed E-state index contributed by atoms with van der Waals surface area (Å²) in [7, 11) is 0. The van der Waals surface area contributed by atoms with Gasteiger partial charge in [0.2, 0.25) is 5.91 Å². The number of nitrogens with one attached hydrogen (secondary N) is 2. The van der Waals surface area contributed by atoms with Gasteiger partial charge in [-0.05, 0) is 53.9 Å². The SMILES string of the molecule is O=C(C[C@@H]1CC[C@H](NC(=O)OCC2c3ccccc3-c3ccccc32)C1)NC1CCOC1C(=O)O. The minimum atomic E-state index is -1.05. The Bertz CT molecular complexity index is 1070. The summed E-state index contributed by atoms with van der Waals surface area (Å²) >= 11 is 0. The van der Waals surface area contributed by atoms with Crippen LogP contribution < -0.4 is 10.6 Å². The zero-order valence-electron chi connectivity index (χ0n) is 19.4. The van der Waals surface area contributed by atoms with Gasteiger partial charge in [-0.2, -0.15) is 0 Å². The maximum atomic E-state index is 12.6.